The van der Waals surface area contributed by atoms with Gasteiger partial charge in [0.2, 0.25) is 0 Å². The van der Waals surface area contributed by atoms with Gasteiger partial charge in [-0.2, -0.15) is 0 Å². The summed E-state index contributed by atoms with van der Waals surface area (Å²) in [6, 6.07) is 0. The summed E-state index contributed by atoms with van der Waals surface area (Å²) < 4.78 is 21.3. The Bertz CT molecular complexity index is 73.5. The molecule has 9 heavy (non-hydrogen) atoms. The fourth-order valence-electron chi connectivity index (χ4n) is 0.536. The molecule has 54 valence electrons. The van der Waals surface area contributed by atoms with Gasteiger partial charge in [0.15, 0.2) is 0 Å². The van der Waals surface area contributed by atoms with Crippen LogP contribution in [0.3, 0.4) is 0 Å². The normalized spacial score (nSPS) is 24.3. The number of halogens is 1. The molecule has 0 saturated carbocycles. The van der Waals surface area contributed by atoms with Crippen LogP contribution in [0.4, 0.5) is 4.39 Å². The van der Waals surface area contributed by atoms with Gasteiger partial charge in [-0.3, -0.25) is 4.39 Å². The largest absolute Gasteiger partial charge is 0.379 e. The van der Waals surface area contributed by atoms with Crippen LogP contribution in [0.2, 0.25) is 0 Å². The van der Waals surface area contributed by atoms with Crippen LogP contribution in [0.5, 0.6) is 0 Å². The second-order valence-electron chi connectivity index (χ2n) is 2.07. The molecule has 2 nitrogen and oxygen atoms in total. The van der Waals surface area contributed by atoms with Crippen LogP contribution >= 0.6 is 0 Å². The van der Waals surface area contributed by atoms with Crippen molar-refractivity contribution in [1.29, 1.82) is 0 Å². The molecule has 0 aromatic carbocycles. The maximum atomic E-state index is 11.4. The lowest BCUT2D eigenvalue weighted by molar-refractivity contribution is 0.110. The van der Waals surface area contributed by atoms with Gasteiger partial charge in [-0.05, 0) is 6.42 Å². The molecule has 0 bridgehead atoms. The average Bonchev–Trinajstić information content (AvgIpc) is 2.63. The first-order chi connectivity index (χ1) is 4.43. The molecule has 1 fully saturated rings. The lowest BCUT2D eigenvalue weighted by Gasteiger charge is -1.96. The van der Waals surface area contributed by atoms with E-state index >= 15 is 0 Å². The van der Waals surface area contributed by atoms with Crippen molar-refractivity contribution in [3.63, 3.8) is 0 Å². The molecule has 1 aliphatic heterocycles. The van der Waals surface area contributed by atoms with Crippen molar-refractivity contribution in [2.45, 2.75) is 12.5 Å². The second-order valence-corrected chi connectivity index (χ2v) is 2.07. The molecule has 0 aromatic rings. The average molecular weight is 134 g/mol. The molecule has 1 rings (SSSR count). The van der Waals surface area contributed by atoms with Crippen molar-refractivity contribution in [2.75, 3.05) is 26.5 Å². The maximum absolute atomic E-state index is 11.4. The molecule has 1 heterocycles. The number of ether oxygens (including phenoxy) is 2. The van der Waals surface area contributed by atoms with Crippen molar-refractivity contribution < 1.29 is 13.9 Å². The summed E-state index contributed by atoms with van der Waals surface area (Å²) in [4.78, 5) is 0. The Labute approximate surface area is 54.0 Å². The van der Waals surface area contributed by atoms with E-state index in [2.05, 4.69) is 0 Å². The van der Waals surface area contributed by atoms with Gasteiger partial charge >= 0.3 is 0 Å². The minimum atomic E-state index is -0.286. The SMILES string of the molecule is FCCCOC[C@@H]1CO1. The van der Waals surface area contributed by atoms with Crippen molar-refractivity contribution in [3.8, 4) is 0 Å². The first-order valence-electron chi connectivity index (χ1n) is 3.19. The monoisotopic (exact) mass is 134 g/mol. The summed E-state index contributed by atoms with van der Waals surface area (Å²) in [7, 11) is 0. The summed E-state index contributed by atoms with van der Waals surface area (Å²) in [5.41, 5.74) is 0. The highest BCUT2D eigenvalue weighted by Gasteiger charge is 2.21. The van der Waals surface area contributed by atoms with Crippen molar-refractivity contribution in [1.82, 2.24) is 0 Å². The third-order valence-electron chi connectivity index (χ3n) is 1.13. The van der Waals surface area contributed by atoms with E-state index in [0.717, 1.165) is 6.61 Å². The van der Waals surface area contributed by atoms with Crippen LogP contribution in [-0.2, 0) is 9.47 Å². The quantitative estimate of drug-likeness (QED) is 0.409. The van der Waals surface area contributed by atoms with Crippen LogP contribution in [-0.4, -0.2) is 32.6 Å². The summed E-state index contributed by atoms with van der Waals surface area (Å²) >= 11 is 0. The fourth-order valence-corrected chi connectivity index (χ4v) is 0.536. The lowest BCUT2D eigenvalue weighted by atomic mass is 10.5. The molecule has 1 aliphatic rings. The van der Waals surface area contributed by atoms with E-state index in [4.69, 9.17) is 9.47 Å². The minimum Gasteiger partial charge on any atom is -0.379 e. The van der Waals surface area contributed by atoms with E-state index < -0.39 is 0 Å². The number of rotatable bonds is 5. The zero-order valence-corrected chi connectivity index (χ0v) is 5.31. The molecule has 0 unspecified atom stereocenters. The molecule has 0 radical (unpaired) electrons. The van der Waals surface area contributed by atoms with Crippen LogP contribution in [0.25, 0.3) is 0 Å². The smallest absolute Gasteiger partial charge is 0.104 e. The van der Waals surface area contributed by atoms with E-state index in [1.165, 1.54) is 0 Å². The maximum Gasteiger partial charge on any atom is 0.104 e. The van der Waals surface area contributed by atoms with Crippen LogP contribution in [0.15, 0.2) is 0 Å². The number of epoxide rings is 1. The van der Waals surface area contributed by atoms with Crippen LogP contribution < -0.4 is 0 Å². The van der Waals surface area contributed by atoms with Crippen molar-refractivity contribution in [2.24, 2.45) is 0 Å². The highest BCUT2D eigenvalue weighted by Crippen LogP contribution is 2.08. The molecular formula is C6H11FO2. The van der Waals surface area contributed by atoms with Crippen LogP contribution in [0, 0.1) is 0 Å². The summed E-state index contributed by atoms with van der Waals surface area (Å²) in [6.07, 6.45) is 0.816. The molecule has 1 atom stereocenters. The van der Waals surface area contributed by atoms with Crippen LogP contribution in [0.1, 0.15) is 6.42 Å². The molecule has 0 spiro atoms. The predicted molar refractivity (Wildman–Crippen MR) is 31.2 cm³/mol. The Hall–Kier alpha value is -0.150. The third-order valence-corrected chi connectivity index (χ3v) is 1.13. The van der Waals surface area contributed by atoms with Gasteiger partial charge in [-0.15, -0.1) is 0 Å². The molecule has 0 aromatic heterocycles. The second kappa shape index (κ2) is 3.80. The first-order valence-corrected chi connectivity index (χ1v) is 3.19. The Morgan fingerprint density at radius 2 is 2.44 bits per heavy atom. The van der Waals surface area contributed by atoms with Gasteiger partial charge in [0.1, 0.15) is 6.10 Å². The third kappa shape index (κ3) is 3.43. The molecular weight excluding hydrogens is 123 g/mol. The van der Waals surface area contributed by atoms with Gasteiger partial charge in [0.25, 0.3) is 0 Å². The zero-order chi connectivity index (χ0) is 6.53. The van der Waals surface area contributed by atoms with E-state index in [9.17, 15) is 4.39 Å². The highest BCUT2D eigenvalue weighted by atomic mass is 19.1. The number of hydrogen-bond acceptors (Lipinski definition) is 2. The lowest BCUT2D eigenvalue weighted by Crippen LogP contribution is -2.02. The van der Waals surface area contributed by atoms with Gasteiger partial charge in [0, 0.05) is 6.61 Å². The Morgan fingerprint density at radius 3 is 3.00 bits per heavy atom. The summed E-state index contributed by atoms with van der Waals surface area (Å²) in [6.45, 7) is 1.69. The highest BCUT2D eigenvalue weighted by molar-refractivity contribution is 4.66. The minimum absolute atomic E-state index is 0.286. The summed E-state index contributed by atoms with van der Waals surface area (Å²) in [5, 5.41) is 0. The Kier molecular flexibility index (Phi) is 2.94. The van der Waals surface area contributed by atoms with Crippen molar-refractivity contribution >= 4 is 0 Å². The molecule has 0 N–H and O–H groups in total. The first kappa shape index (κ1) is 6.96. The molecule has 1 saturated heterocycles. The van der Waals surface area contributed by atoms with Gasteiger partial charge in [0.05, 0.1) is 19.9 Å². The van der Waals surface area contributed by atoms with E-state index in [-0.39, 0.29) is 6.67 Å². The van der Waals surface area contributed by atoms with E-state index in [1.54, 1.807) is 0 Å². The standard InChI is InChI=1S/C6H11FO2/c7-2-1-3-8-4-6-5-9-6/h6H,1-5H2/t6-/m1/s1. The molecule has 0 aliphatic carbocycles. The number of alkyl halides is 1. The Morgan fingerprint density at radius 1 is 1.67 bits per heavy atom. The van der Waals surface area contributed by atoms with E-state index in [1.807, 2.05) is 0 Å². The molecule has 3 heteroatoms. The van der Waals surface area contributed by atoms with Crippen molar-refractivity contribution in [3.05, 3.63) is 0 Å². The van der Waals surface area contributed by atoms with Gasteiger partial charge in [-0.25, -0.2) is 0 Å². The Balaban J connectivity index is 1.71. The van der Waals surface area contributed by atoms with Gasteiger partial charge < -0.3 is 9.47 Å². The zero-order valence-electron chi connectivity index (χ0n) is 5.31. The topological polar surface area (TPSA) is 21.8 Å². The molecule has 0 amide bonds. The number of hydrogen-bond donors (Lipinski definition) is 0. The van der Waals surface area contributed by atoms with E-state index in [0.29, 0.717) is 25.7 Å². The predicted octanol–water partition coefficient (Wildman–Crippen LogP) is 0.761. The fraction of sp³-hybridized carbons (Fsp3) is 1.00. The van der Waals surface area contributed by atoms with Gasteiger partial charge in [-0.1, -0.05) is 0 Å². The summed E-state index contributed by atoms with van der Waals surface area (Å²) in [5.74, 6) is 0.